The molecule has 0 N–H and O–H groups in total. The van der Waals surface area contributed by atoms with Crippen molar-refractivity contribution in [3.8, 4) is 0 Å². The standard InChI is InChI=1S/C9H10.C7H8.2C6H8/c1-2-6-9-7-4-3-5-8-9;1-7-5-3-2-4-6-7;2*1-6-4-2-3-5-6/h2-8H,1H3;2-6H,1H3;2*2-4H,5H2,1H3/b6-2+;;;. The molecule has 0 saturated carbocycles. The molecule has 2 aliphatic rings. The summed E-state index contributed by atoms with van der Waals surface area (Å²) in [7, 11) is 0. The van der Waals surface area contributed by atoms with E-state index in [0.29, 0.717) is 0 Å². The summed E-state index contributed by atoms with van der Waals surface area (Å²) in [6.45, 7) is 8.38. The molecule has 0 fully saturated rings. The molecule has 0 heteroatoms. The van der Waals surface area contributed by atoms with E-state index in [2.05, 4.69) is 87.6 Å². The minimum atomic E-state index is 1.17. The number of benzene rings is 2. The summed E-state index contributed by atoms with van der Waals surface area (Å²) in [4.78, 5) is 0. The van der Waals surface area contributed by atoms with Crippen molar-refractivity contribution in [3.63, 3.8) is 0 Å². The first-order valence-corrected chi connectivity index (χ1v) is 9.96. The van der Waals surface area contributed by atoms with Crippen LogP contribution in [0.1, 0.15) is 44.7 Å². The zero-order valence-electron chi connectivity index (χ0n) is 17.8. The lowest BCUT2D eigenvalue weighted by molar-refractivity contribution is 1.25. The van der Waals surface area contributed by atoms with Crippen molar-refractivity contribution in [1.29, 1.82) is 0 Å². The number of rotatable bonds is 1. The lowest BCUT2D eigenvalue weighted by Crippen LogP contribution is -1.65. The van der Waals surface area contributed by atoms with E-state index in [1.54, 1.807) is 0 Å². The van der Waals surface area contributed by atoms with Gasteiger partial charge in [0.25, 0.3) is 0 Å². The first-order valence-electron chi connectivity index (χ1n) is 9.96. The van der Waals surface area contributed by atoms with E-state index >= 15 is 0 Å². The average Bonchev–Trinajstić information content (AvgIpc) is 3.39. The first-order chi connectivity index (χ1) is 13.6. The minimum absolute atomic E-state index is 1.17. The zero-order chi connectivity index (χ0) is 20.5. The van der Waals surface area contributed by atoms with Crippen LogP contribution in [-0.4, -0.2) is 0 Å². The molecule has 146 valence electrons. The fourth-order valence-electron chi connectivity index (χ4n) is 2.40. The molecular weight excluding hydrogens is 336 g/mol. The monoisotopic (exact) mass is 370 g/mol. The number of hydrogen-bond donors (Lipinski definition) is 0. The molecule has 0 radical (unpaired) electrons. The second-order valence-electron chi connectivity index (χ2n) is 6.86. The van der Waals surface area contributed by atoms with Crippen LogP contribution in [-0.2, 0) is 0 Å². The maximum Gasteiger partial charge on any atom is -0.0135 e. The Hall–Kier alpha value is -2.86. The second kappa shape index (κ2) is 15.2. The third kappa shape index (κ3) is 12.5. The van der Waals surface area contributed by atoms with Gasteiger partial charge in [0.1, 0.15) is 0 Å². The normalized spacial score (nSPS) is 13.4. The zero-order valence-corrected chi connectivity index (χ0v) is 17.8. The van der Waals surface area contributed by atoms with Crippen LogP contribution in [0.4, 0.5) is 0 Å². The van der Waals surface area contributed by atoms with E-state index in [1.165, 1.54) is 35.1 Å². The molecule has 0 aromatic heterocycles. The van der Waals surface area contributed by atoms with E-state index < -0.39 is 0 Å². The highest BCUT2D eigenvalue weighted by Gasteiger charge is 1.86. The Labute approximate surface area is 172 Å². The van der Waals surface area contributed by atoms with Crippen LogP contribution in [0.2, 0.25) is 0 Å². The average molecular weight is 371 g/mol. The predicted octanol–water partition coefficient (Wildman–Crippen LogP) is 8.50. The maximum absolute atomic E-state index is 2.16. The summed E-state index contributed by atoms with van der Waals surface area (Å²) in [5.74, 6) is 0. The Balaban J connectivity index is 0.000000189. The Kier molecular flexibility index (Phi) is 12.6. The van der Waals surface area contributed by atoms with Crippen LogP contribution in [0.3, 0.4) is 0 Å². The Morgan fingerprint density at radius 1 is 0.643 bits per heavy atom. The Morgan fingerprint density at radius 3 is 1.36 bits per heavy atom. The predicted molar refractivity (Wildman–Crippen MR) is 127 cm³/mol. The van der Waals surface area contributed by atoms with Crippen molar-refractivity contribution >= 4 is 6.08 Å². The van der Waals surface area contributed by atoms with Crippen LogP contribution in [0, 0.1) is 6.92 Å². The van der Waals surface area contributed by atoms with E-state index in [4.69, 9.17) is 0 Å². The van der Waals surface area contributed by atoms with Crippen LogP contribution in [0.5, 0.6) is 0 Å². The van der Waals surface area contributed by atoms with Gasteiger partial charge in [0, 0.05) is 0 Å². The molecule has 2 aliphatic carbocycles. The minimum Gasteiger partial charge on any atom is -0.0871 e. The molecule has 0 spiro atoms. The lowest BCUT2D eigenvalue weighted by atomic mass is 10.2. The molecule has 0 bridgehead atoms. The van der Waals surface area contributed by atoms with Crippen molar-refractivity contribution < 1.29 is 0 Å². The highest BCUT2D eigenvalue weighted by Crippen LogP contribution is 2.07. The summed E-state index contributed by atoms with van der Waals surface area (Å²) in [5.41, 5.74) is 5.52. The highest BCUT2D eigenvalue weighted by atomic mass is 13.9. The molecule has 2 aromatic rings. The molecule has 0 saturated heterocycles. The summed E-state index contributed by atoms with van der Waals surface area (Å²) >= 11 is 0. The van der Waals surface area contributed by atoms with Crippen molar-refractivity contribution in [3.05, 3.63) is 125 Å². The number of allylic oxidation sites excluding steroid dienone is 9. The van der Waals surface area contributed by atoms with Gasteiger partial charge in [-0.3, -0.25) is 0 Å². The van der Waals surface area contributed by atoms with Crippen LogP contribution in [0.25, 0.3) is 6.08 Å². The molecule has 28 heavy (non-hydrogen) atoms. The summed E-state index contributed by atoms with van der Waals surface area (Å²) in [5, 5.41) is 0. The smallest absolute Gasteiger partial charge is 0.0135 e. The Morgan fingerprint density at radius 2 is 1.11 bits per heavy atom. The van der Waals surface area contributed by atoms with E-state index in [0.717, 1.165) is 0 Å². The highest BCUT2D eigenvalue weighted by molar-refractivity contribution is 5.47. The first kappa shape index (κ1) is 23.2. The molecule has 0 aliphatic heterocycles. The van der Waals surface area contributed by atoms with Gasteiger partial charge in [-0.15, -0.1) is 0 Å². The quantitative estimate of drug-likeness (QED) is 0.472. The molecule has 0 atom stereocenters. The lowest BCUT2D eigenvalue weighted by Gasteiger charge is -1.86. The van der Waals surface area contributed by atoms with Gasteiger partial charge in [-0.05, 0) is 46.1 Å². The molecular formula is C28H34. The van der Waals surface area contributed by atoms with Crippen LogP contribution in [0.15, 0.2) is 114 Å². The molecule has 2 aromatic carbocycles. The fourth-order valence-corrected chi connectivity index (χ4v) is 2.40. The van der Waals surface area contributed by atoms with Crippen LogP contribution < -0.4 is 0 Å². The molecule has 0 amide bonds. The third-order valence-electron chi connectivity index (χ3n) is 4.01. The molecule has 4 rings (SSSR count). The van der Waals surface area contributed by atoms with E-state index in [9.17, 15) is 0 Å². The van der Waals surface area contributed by atoms with Gasteiger partial charge in [0.05, 0.1) is 0 Å². The van der Waals surface area contributed by atoms with Crippen molar-refractivity contribution in [2.24, 2.45) is 0 Å². The van der Waals surface area contributed by atoms with Crippen molar-refractivity contribution in [2.45, 2.75) is 40.5 Å². The summed E-state index contributed by atoms with van der Waals surface area (Å²) in [6, 6.07) is 20.5. The SMILES string of the molecule is C/C=C/c1ccccc1.CC1=CC=CC1.CC1=CC=CC1.Cc1ccccc1. The van der Waals surface area contributed by atoms with Gasteiger partial charge in [0.2, 0.25) is 0 Å². The molecule has 0 unspecified atom stereocenters. The largest absolute Gasteiger partial charge is 0.0871 e. The fraction of sp³-hybridized carbons (Fsp3) is 0.214. The second-order valence-corrected chi connectivity index (χ2v) is 6.86. The van der Waals surface area contributed by atoms with Gasteiger partial charge >= 0.3 is 0 Å². The number of hydrogen-bond acceptors (Lipinski definition) is 0. The summed E-state index contributed by atoms with van der Waals surface area (Å²) < 4.78 is 0. The van der Waals surface area contributed by atoms with Crippen molar-refractivity contribution in [1.82, 2.24) is 0 Å². The molecule has 0 heterocycles. The number of aryl methyl sites for hydroxylation is 1. The van der Waals surface area contributed by atoms with E-state index in [-0.39, 0.29) is 0 Å². The van der Waals surface area contributed by atoms with Gasteiger partial charge < -0.3 is 0 Å². The van der Waals surface area contributed by atoms with Gasteiger partial charge in [0.15, 0.2) is 0 Å². The van der Waals surface area contributed by atoms with E-state index in [1.807, 2.05) is 49.4 Å². The van der Waals surface area contributed by atoms with Gasteiger partial charge in [-0.1, -0.05) is 126 Å². The topological polar surface area (TPSA) is 0 Å². The Bertz CT molecular complexity index is 756. The summed E-state index contributed by atoms with van der Waals surface area (Å²) in [6.07, 6.45) is 19.2. The maximum atomic E-state index is 2.16. The molecule has 0 nitrogen and oxygen atoms in total. The van der Waals surface area contributed by atoms with Crippen molar-refractivity contribution in [2.75, 3.05) is 0 Å². The van der Waals surface area contributed by atoms with Gasteiger partial charge in [-0.2, -0.15) is 0 Å². The van der Waals surface area contributed by atoms with Gasteiger partial charge in [-0.25, -0.2) is 0 Å². The third-order valence-corrected chi connectivity index (χ3v) is 4.01. The van der Waals surface area contributed by atoms with Crippen LogP contribution >= 0.6 is 0 Å².